The van der Waals surface area contributed by atoms with Gasteiger partial charge in [0, 0.05) is 11.0 Å². The molecule has 1 aliphatic carbocycles. The van der Waals surface area contributed by atoms with Crippen molar-refractivity contribution >= 4 is 12.6 Å². The van der Waals surface area contributed by atoms with Crippen molar-refractivity contribution in [3.8, 4) is 11.5 Å². The van der Waals surface area contributed by atoms with Crippen LogP contribution >= 0.6 is 0 Å². The molecule has 5 heteroatoms. The largest absolute Gasteiger partial charge is 0.492 e. The van der Waals surface area contributed by atoms with Crippen LogP contribution in [-0.2, 0) is 5.41 Å². The van der Waals surface area contributed by atoms with Crippen molar-refractivity contribution in [2.75, 3.05) is 6.61 Å². The lowest BCUT2D eigenvalue weighted by Crippen LogP contribution is -2.09. The highest BCUT2D eigenvalue weighted by atomic mass is 16.5. The van der Waals surface area contributed by atoms with Crippen LogP contribution < -0.4 is 15.2 Å². The molecule has 0 radical (unpaired) electrons. The van der Waals surface area contributed by atoms with Gasteiger partial charge in [-0.3, -0.25) is 0 Å². The summed E-state index contributed by atoms with van der Waals surface area (Å²) in [5.74, 6) is 2.49. The summed E-state index contributed by atoms with van der Waals surface area (Å²) in [5, 5.41) is 0. The molecule has 21 heavy (non-hydrogen) atoms. The van der Waals surface area contributed by atoms with E-state index < -0.39 is 0 Å². The number of aliphatic imine (C=N–C) groups is 2. The Hall–Kier alpha value is -2.30. The molecule has 1 aromatic rings. The van der Waals surface area contributed by atoms with E-state index in [0.717, 1.165) is 42.1 Å². The molecule has 1 fully saturated rings. The van der Waals surface area contributed by atoms with E-state index >= 15 is 0 Å². The lowest BCUT2D eigenvalue weighted by atomic mass is 9.95. The van der Waals surface area contributed by atoms with Crippen molar-refractivity contribution in [1.29, 1.82) is 0 Å². The molecule has 2 aliphatic rings. The molecular weight excluding hydrogens is 266 g/mol. The normalized spacial score (nSPS) is 19.1. The number of hydrogen-bond acceptors (Lipinski definition) is 4. The monoisotopic (exact) mass is 285 g/mol. The highest BCUT2D eigenvalue weighted by Crippen LogP contribution is 2.59. The molecule has 1 spiro atoms. The number of hydrogen-bond donors (Lipinski definition) is 1. The van der Waals surface area contributed by atoms with E-state index in [0.29, 0.717) is 11.7 Å². The molecule has 3 rings (SSSR count). The Bertz CT molecular complexity index is 654. The van der Waals surface area contributed by atoms with E-state index in [2.05, 4.69) is 23.6 Å². The Labute approximate surface area is 124 Å². The van der Waals surface area contributed by atoms with Crippen molar-refractivity contribution < 1.29 is 9.47 Å². The van der Waals surface area contributed by atoms with E-state index in [1.165, 1.54) is 6.20 Å². The number of benzene rings is 1. The van der Waals surface area contributed by atoms with E-state index in [4.69, 9.17) is 15.2 Å². The molecule has 0 saturated heterocycles. The Morgan fingerprint density at radius 1 is 1.48 bits per heavy atom. The maximum Gasteiger partial charge on any atom is 0.237 e. The van der Waals surface area contributed by atoms with Crippen LogP contribution in [0, 0.1) is 6.92 Å². The van der Waals surface area contributed by atoms with Crippen LogP contribution in [0.25, 0.3) is 0 Å². The standard InChI is InChI=1S/C16H19N3O2/c1-10-4-5-12(21-13(18-3)8-19-11(2)17)14-15(10)20-9-16(14)6-7-16/h4-5,8H,3,6-7,9H2,1-2H3,(H2,17,19)/b13-8+. The molecule has 0 unspecified atom stereocenters. The van der Waals surface area contributed by atoms with Crippen molar-refractivity contribution in [1.82, 2.24) is 0 Å². The van der Waals surface area contributed by atoms with Crippen LogP contribution in [0.1, 0.15) is 30.9 Å². The zero-order valence-electron chi connectivity index (χ0n) is 12.3. The first-order chi connectivity index (χ1) is 10.1. The summed E-state index contributed by atoms with van der Waals surface area (Å²) >= 11 is 0. The predicted molar refractivity (Wildman–Crippen MR) is 83.1 cm³/mol. The summed E-state index contributed by atoms with van der Waals surface area (Å²) in [6.07, 6.45) is 3.75. The van der Waals surface area contributed by atoms with Crippen LogP contribution in [0.5, 0.6) is 11.5 Å². The van der Waals surface area contributed by atoms with Gasteiger partial charge < -0.3 is 15.2 Å². The van der Waals surface area contributed by atoms with Gasteiger partial charge in [0.1, 0.15) is 11.5 Å². The summed E-state index contributed by atoms with van der Waals surface area (Å²) in [4.78, 5) is 7.85. The molecule has 0 aromatic heterocycles. The fourth-order valence-electron chi connectivity index (χ4n) is 2.64. The molecule has 1 aliphatic heterocycles. The summed E-state index contributed by atoms with van der Waals surface area (Å²) in [5.41, 5.74) is 7.95. The van der Waals surface area contributed by atoms with Gasteiger partial charge >= 0.3 is 0 Å². The van der Waals surface area contributed by atoms with Gasteiger partial charge in [-0.15, -0.1) is 0 Å². The second-order valence-corrected chi connectivity index (χ2v) is 5.65. The average Bonchev–Trinajstić information content (AvgIpc) is 3.12. The number of rotatable bonds is 4. The summed E-state index contributed by atoms with van der Waals surface area (Å²) in [7, 11) is 0. The van der Waals surface area contributed by atoms with E-state index in [-0.39, 0.29) is 5.41 Å². The van der Waals surface area contributed by atoms with Gasteiger partial charge in [0.2, 0.25) is 5.88 Å². The second-order valence-electron chi connectivity index (χ2n) is 5.65. The maximum atomic E-state index is 5.88. The predicted octanol–water partition coefficient (Wildman–Crippen LogP) is 2.67. The molecule has 0 bridgehead atoms. The van der Waals surface area contributed by atoms with Gasteiger partial charge in [-0.1, -0.05) is 6.07 Å². The first kappa shape index (κ1) is 13.7. The SMILES string of the molecule is C=N/C(=C\N=C(/C)N)Oc1ccc(C)c2c1C1(CC1)CO2. The Balaban J connectivity index is 1.97. The minimum Gasteiger partial charge on any atom is -0.492 e. The third-order valence-corrected chi connectivity index (χ3v) is 3.94. The molecule has 1 aromatic carbocycles. The van der Waals surface area contributed by atoms with E-state index in [9.17, 15) is 0 Å². The highest BCUT2D eigenvalue weighted by Gasteiger charge is 2.53. The van der Waals surface area contributed by atoms with Gasteiger partial charge in [0.05, 0.1) is 18.6 Å². The number of nitrogens with two attached hydrogens (primary N) is 1. The second kappa shape index (κ2) is 4.91. The van der Waals surface area contributed by atoms with Gasteiger partial charge in [-0.05, 0) is 45.0 Å². The Kier molecular flexibility index (Phi) is 3.20. The minimum atomic E-state index is 0.135. The number of fused-ring (bicyclic) bond motifs is 2. The number of nitrogens with zero attached hydrogens (tertiary/aromatic N) is 2. The molecule has 0 atom stereocenters. The third-order valence-electron chi connectivity index (χ3n) is 3.94. The molecule has 0 amide bonds. The minimum absolute atomic E-state index is 0.135. The molecular formula is C16H19N3O2. The van der Waals surface area contributed by atoms with Crippen LogP contribution in [0.15, 0.2) is 34.2 Å². The van der Waals surface area contributed by atoms with E-state index in [1.807, 2.05) is 12.1 Å². The zero-order valence-corrected chi connectivity index (χ0v) is 12.3. The van der Waals surface area contributed by atoms with Crippen LogP contribution in [-0.4, -0.2) is 19.2 Å². The molecule has 110 valence electrons. The molecule has 1 saturated carbocycles. The van der Waals surface area contributed by atoms with Crippen LogP contribution in [0.4, 0.5) is 0 Å². The third kappa shape index (κ3) is 2.39. The lowest BCUT2D eigenvalue weighted by molar-refractivity contribution is 0.321. The molecule has 2 N–H and O–H groups in total. The number of aryl methyl sites for hydroxylation is 1. The smallest absolute Gasteiger partial charge is 0.237 e. The van der Waals surface area contributed by atoms with Crippen molar-refractivity contribution in [2.24, 2.45) is 15.7 Å². The summed E-state index contributed by atoms with van der Waals surface area (Å²) in [6.45, 7) is 8.01. The average molecular weight is 285 g/mol. The number of amidine groups is 1. The van der Waals surface area contributed by atoms with Gasteiger partial charge in [0.25, 0.3) is 0 Å². The molecule has 5 nitrogen and oxygen atoms in total. The van der Waals surface area contributed by atoms with Crippen molar-refractivity contribution in [3.63, 3.8) is 0 Å². The summed E-state index contributed by atoms with van der Waals surface area (Å²) in [6, 6.07) is 3.95. The van der Waals surface area contributed by atoms with Crippen molar-refractivity contribution in [3.05, 3.63) is 35.3 Å². The Morgan fingerprint density at radius 3 is 2.86 bits per heavy atom. The van der Waals surface area contributed by atoms with E-state index in [1.54, 1.807) is 6.92 Å². The quantitative estimate of drug-likeness (QED) is 0.525. The topological polar surface area (TPSA) is 69.2 Å². The van der Waals surface area contributed by atoms with Gasteiger partial charge in [0.15, 0.2) is 0 Å². The van der Waals surface area contributed by atoms with Crippen LogP contribution in [0.3, 0.4) is 0 Å². The Morgan fingerprint density at radius 2 is 2.24 bits per heavy atom. The zero-order chi connectivity index (χ0) is 15.0. The fraction of sp³-hybridized carbons (Fsp3) is 0.375. The first-order valence-electron chi connectivity index (χ1n) is 6.97. The maximum absolute atomic E-state index is 5.88. The van der Waals surface area contributed by atoms with Gasteiger partial charge in [-0.25, -0.2) is 9.98 Å². The van der Waals surface area contributed by atoms with Gasteiger partial charge in [-0.2, -0.15) is 0 Å². The highest BCUT2D eigenvalue weighted by molar-refractivity contribution is 5.78. The van der Waals surface area contributed by atoms with Crippen LogP contribution in [0.2, 0.25) is 0 Å². The molecule has 1 heterocycles. The fourth-order valence-corrected chi connectivity index (χ4v) is 2.64. The first-order valence-corrected chi connectivity index (χ1v) is 6.97. The summed E-state index contributed by atoms with van der Waals surface area (Å²) < 4.78 is 11.7. The number of ether oxygens (including phenoxy) is 2. The lowest BCUT2D eigenvalue weighted by Gasteiger charge is -2.13. The van der Waals surface area contributed by atoms with Crippen molar-refractivity contribution in [2.45, 2.75) is 32.1 Å².